The van der Waals surface area contributed by atoms with Gasteiger partial charge in [-0.15, -0.1) is 6.42 Å². The second-order valence-corrected chi connectivity index (χ2v) is 8.23. The van der Waals surface area contributed by atoms with E-state index in [1.165, 1.54) is 21.9 Å². The molecule has 2 atom stereocenters. The van der Waals surface area contributed by atoms with E-state index >= 15 is 0 Å². The molecule has 3 rings (SSSR count). The predicted octanol–water partition coefficient (Wildman–Crippen LogP) is 6.08. The van der Waals surface area contributed by atoms with Crippen LogP contribution in [0.4, 0.5) is 0 Å². The third-order valence-electron chi connectivity index (χ3n) is 6.34. The van der Waals surface area contributed by atoms with Crippen molar-refractivity contribution in [2.24, 2.45) is 11.3 Å². The molecular weight excluding hydrogens is 356 g/mol. The number of rotatable bonds is 7. The Hall–Kier alpha value is -2.66. The van der Waals surface area contributed by atoms with E-state index in [0.717, 1.165) is 51.2 Å². The summed E-state index contributed by atoms with van der Waals surface area (Å²) in [4.78, 5) is 23.9. The zero-order valence-corrected chi connectivity index (χ0v) is 17.3. The van der Waals surface area contributed by atoms with Crippen molar-refractivity contribution in [3.8, 4) is 12.3 Å². The summed E-state index contributed by atoms with van der Waals surface area (Å²) < 4.78 is 0. The molecule has 0 bridgehead atoms. The van der Waals surface area contributed by atoms with Gasteiger partial charge in [-0.2, -0.15) is 0 Å². The van der Waals surface area contributed by atoms with E-state index in [1.807, 2.05) is 0 Å². The molecular formula is C27H30O2. The molecule has 1 unspecified atom stereocenters. The lowest BCUT2D eigenvalue weighted by atomic mass is 9.64. The van der Waals surface area contributed by atoms with Crippen LogP contribution >= 0.6 is 0 Å². The molecule has 0 fully saturated rings. The van der Waals surface area contributed by atoms with Gasteiger partial charge in [0.15, 0.2) is 0 Å². The van der Waals surface area contributed by atoms with Crippen molar-refractivity contribution in [1.82, 2.24) is 0 Å². The number of hydrogen-bond donors (Lipinski definition) is 0. The van der Waals surface area contributed by atoms with Crippen LogP contribution in [0, 0.1) is 23.7 Å². The highest BCUT2D eigenvalue weighted by atomic mass is 16.1. The average Bonchev–Trinajstić information content (AvgIpc) is 2.72. The van der Waals surface area contributed by atoms with Crippen LogP contribution in [0.1, 0.15) is 57.4 Å². The minimum absolute atomic E-state index is 0.0205. The molecule has 0 saturated heterocycles. The molecule has 2 heteroatoms. The molecule has 0 heterocycles. The topological polar surface area (TPSA) is 34.1 Å². The van der Waals surface area contributed by atoms with E-state index in [1.54, 1.807) is 6.92 Å². The first-order valence-electron chi connectivity index (χ1n) is 10.7. The Balaban J connectivity index is 1.95. The summed E-state index contributed by atoms with van der Waals surface area (Å²) in [5, 5.41) is 2.51. The first-order chi connectivity index (χ1) is 14.1. The van der Waals surface area contributed by atoms with Gasteiger partial charge in [-0.3, -0.25) is 0 Å². The summed E-state index contributed by atoms with van der Waals surface area (Å²) in [6, 6.07) is 14.8. The Morgan fingerprint density at radius 2 is 1.93 bits per heavy atom. The molecule has 1 aliphatic rings. The van der Waals surface area contributed by atoms with Crippen LogP contribution < -0.4 is 0 Å². The van der Waals surface area contributed by atoms with Crippen LogP contribution in [0.3, 0.4) is 0 Å². The molecule has 0 aliphatic heterocycles. The first-order valence-corrected chi connectivity index (χ1v) is 10.7. The largest absolute Gasteiger partial charge is 0.303 e. The molecule has 2 nitrogen and oxygen atoms in total. The molecule has 150 valence electrons. The van der Waals surface area contributed by atoms with E-state index in [9.17, 15) is 9.59 Å². The molecule has 1 aliphatic carbocycles. The Labute approximate surface area is 174 Å². The number of ketones is 1. The number of Topliss-reactive ketones (excluding diaryl/α,β-unsaturated/α-hetero) is 1. The minimum atomic E-state index is -0.640. The van der Waals surface area contributed by atoms with Gasteiger partial charge >= 0.3 is 0 Å². The van der Waals surface area contributed by atoms with Gasteiger partial charge in [0.1, 0.15) is 12.1 Å². The van der Waals surface area contributed by atoms with Crippen LogP contribution in [0.25, 0.3) is 10.8 Å². The molecule has 0 radical (unpaired) electrons. The Morgan fingerprint density at radius 1 is 1.14 bits per heavy atom. The number of carbonyl (C=O) groups excluding carboxylic acids is 2. The maximum atomic E-state index is 12.0. The predicted molar refractivity (Wildman–Crippen MR) is 120 cm³/mol. The zero-order valence-electron chi connectivity index (χ0n) is 17.3. The number of fused-ring (bicyclic) bond motifs is 1. The quantitative estimate of drug-likeness (QED) is 0.328. The summed E-state index contributed by atoms with van der Waals surface area (Å²) >= 11 is 0. The van der Waals surface area contributed by atoms with Crippen molar-refractivity contribution < 1.29 is 9.59 Å². The smallest absolute Gasteiger partial charge is 0.130 e. The number of allylic oxidation sites excluding steroid dienone is 2. The SMILES string of the molecule is C#CC1([C@@H](C=O)CC(C)=O)CCCCC/C=C\1CCc1cccc2ccccc12. The molecule has 29 heavy (non-hydrogen) atoms. The van der Waals surface area contributed by atoms with Gasteiger partial charge < -0.3 is 9.59 Å². The number of carbonyl (C=O) groups is 2. The fraction of sp³-hybridized carbons (Fsp3) is 0.407. The van der Waals surface area contributed by atoms with E-state index < -0.39 is 11.3 Å². The van der Waals surface area contributed by atoms with Crippen LogP contribution in [0.5, 0.6) is 0 Å². The monoisotopic (exact) mass is 386 g/mol. The van der Waals surface area contributed by atoms with Gasteiger partial charge in [-0.25, -0.2) is 0 Å². The first kappa shape index (κ1) is 21.1. The molecule has 2 aromatic carbocycles. The van der Waals surface area contributed by atoms with Crippen molar-refractivity contribution >= 4 is 22.8 Å². The summed E-state index contributed by atoms with van der Waals surface area (Å²) in [6.07, 6.45) is 16.2. The Morgan fingerprint density at radius 3 is 2.69 bits per heavy atom. The fourth-order valence-corrected chi connectivity index (χ4v) is 4.79. The maximum Gasteiger partial charge on any atom is 0.130 e. The lowest BCUT2D eigenvalue weighted by Gasteiger charge is -2.37. The molecule has 2 aromatic rings. The van der Waals surface area contributed by atoms with Crippen LogP contribution in [-0.2, 0) is 16.0 Å². The lowest BCUT2D eigenvalue weighted by Crippen LogP contribution is -2.35. The molecule has 0 N–H and O–H groups in total. The Kier molecular flexibility index (Phi) is 7.04. The number of benzene rings is 2. The molecule has 0 spiro atoms. The highest BCUT2D eigenvalue weighted by molar-refractivity contribution is 5.85. The van der Waals surface area contributed by atoms with E-state index in [0.29, 0.717) is 0 Å². The zero-order chi connectivity index (χ0) is 20.7. The molecule has 0 aromatic heterocycles. The van der Waals surface area contributed by atoms with Crippen LogP contribution in [0.2, 0.25) is 0 Å². The average molecular weight is 387 g/mol. The van der Waals surface area contributed by atoms with E-state index in [-0.39, 0.29) is 12.2 Å². The van der Waals surface area contributed by atoms with E-state index in [2.05, 4.69) is 54.5 Å². The molecule has 0 amide bonds. The van der Waals surface area contributed by atoms with Crippen molar-refractivity contribution in [1.29, 1.82) is 0 Å². The number of terminal acetylenes is 1. The van der Waals surface area contributed by atoms with E-state index in [4.69, 9.17) is 6.42 Å². The van der Waals surface area contributed by atoms with Gasteiger partial charge in [0.05, 0.1) is 5.41 Å². The van der Waals surface area contributed by atoms with Crippen molar-refractivity contribution in [2.75, 3.05) is 0 Å². The Bertz CT molecular complexity index is 941. The second-order valence-electron chi connectivity index (χ2n) is 8.23. The normalized spacial score (nSPS) is 22.6. The van der Waals surface area contributed by atoms with Gasteiger partial charge in [0.25, 0.3) is 0 Å². The third-order valence-corrected chi connectivity index (χ3v) is 6.34. The second kappa shape index (κ2) is 9.70. The van der Waals surface area contributed by atoms with Crippen molar-refractivity contribution in [3.05, 3.63) is 59.7 Å². The van der Waals surface area contributed by atoms with Gasteiger partial charge in [-0.05, 0) is 55.4 Å². The highest BCUT2D eigenvalue weighted by Gasteiger charge is 2.40. The van der Waals surface area contributed by atoms with Gasteiger partial charge in [0.2, 0.25) is 0 Å². The molecule has 0 saturated carbocycles. The standard InChI is InChI=1S/C27H30O2/c1-3-27(25(20-28)19-21(2)29)18-9-5-4-6-14-24(27)17-16-23-13-10-12-22-11-7-8-15-26(22)23/h1,7-8,10-15,20,25H,4-6,9,16-19H2,2H3/b24-14-/t25-,27?/m1/s1. The van der Waals surface area contributed by atoms with Crippen molar-refractivity contribution in [3.63, 3.8) is 0 Å². The number of aldehydes is 1. The van der Waals surface area contributed by atoms with Gasteiger partial charge in [-0.1, -0.05) is 72.9 Å². The fourth-order valence-electron chi connectivity index (χ4n) is 4.79. The van der Waals surface area contributed by atoms with Crippen LogP contribution in [0.15, 0.2) is 54.1 Å². The highest BCUT2D eigenvalue weighted by Crippen LogP contribution is 2.45. The lowest BCUT2D eigenvalue weighted by molar-refractivity contribution is -0.123. The third kappa shape index (κ3) is 4.67. The number of hydrogen-bond acceptors (Lipinski definition) is 2. The summed E-state index contributed by atoms with van der Waals surface area (Å²) in [6.45, 7) is 1.54. The maximum absolute atomic E-state index is 12.0. The van der Waals surface area contributed by atoms with Crippen molar-refractivity contribution in [2.45, 2.75) is 58.3 Å². The van der Waals surface area contributed by atoms with Gasteiger partial charge in [0, 0.05) is 12.3 Å². The number of aryl methyl sites for hydroxylation is 1. The summed E-state index contributed by atoms with van der Waals surface area (Å²) in [5.74, 6) is 2.59. The van der Waals surface area contributed by atoms with Crippen LogP contribution in [-0.4, -0.2) is 12.1 Å². The minimum Gasteiger partial charge on any atom is -0.303 e. The summed E-state index contributed by atoms with van der Waals surface area (Å²) in [7, 11) is 0. The summed E-state index contributed by atoms with van der Waals surface area (Å²) in [5.41, 5.74) is 1.83.